The van der Waals surface area contributed by atoms with Crippen molar-refractivity contribution < 1.29 is 0 Å². The van der Waals surface area contributed by atoms with E-state index in [9.17, 15) is 4.79 Å². The molecule has 0 unspecified atom stereocenters. The number of aryl methyl sites for hydroxylation is 1. The molecule has 1 aromatic heterocycles. The topological polar surface area (TPSA) is 46.9 Å². The number of unbranched alkanes of at least 4 members (excludes halogenated alkanes) is 1. The summed E-state index contributed by atoms with van der Waals surface area (Å²) in [4.78, 5) is 16.0. The fourth-order valence-corrected chi connectivity index (χ4v) is 1.86. The summed E-state index contributed by atoms with van der Waals surface area (Å²) in [7, 11) is 0. The Morgan fingerprint density at radius 1 is 1.50 bits per heavy atom. The van der Waals surface area contributed by atoms with Crippen molar-refractivity contribution in [2.24, 2.45) is 0 Å². The van der Waals surface area contributed by atoms with Gasteiger partial charge in [-0.05, 0) is 42.5 Å². The van der Waals surface area contributed by atoms with Gasteiger partial charge in [0.15, 0.2) is 0 Å². The minimum atomic E-state index is 0.0605. The molecule has 0 radical (unpaired) electrons. The highest BCUT2D eigenvalue weighted by Gasteiger charge is 2.04. The molecule has 0 bridgehead atoms. The van der Waals surface area contributed by atoms with Gasteiger partial charge in [-0.1, -0.05) is 13.3 Å². The Kier molecular flexibility index (Phi) is 5.97. The van der Waals surface area contributed by atoms with Crippen molar-refractivity contribution in [3.05, 3.63) is 25.9 Å². The van der Waals surface area contributed by atoms with E-state index in [4.69, 9.17) is 0 Å². The van der Waals surface area contributed by atoms with Crippen molar-refractivity contribution >= 4 is 22.6 Å². The molecule has 5 heteroatoms. The van der Waals surface area contributed by atoms with Crippen LogP contribution in [0.4, 0.5) is 0 Å². The maximum Gasteiger partial charge on any atom is 0.266 e. The van der Waals surface area contributed by atoms with E-state index in [-0.39, 0.29) is 5.56 Å². The predicted molar refractivity (Wildman–Crippen MR) is 73.7 cm³/mol. The maximum absolute atomic E-state index is 11.8. The first-order valence-electron chi connectivity index (χ1n) is 5.59. The molecule has 0 aromatic carbocycles. The van der Waals surface area contributed by atoms with Crippen molar-refractivity contribution in [1.82, 2.24) is 14.9 Å². The minimum Gasteiger partial charge on any atom is -0.315 e. The van der Waals surface area contributed by atoms with Crippen LogP contribution in [0, 0.1) is 10.5 Å². The van der Waals surface area contributed by atoms with E-state index in [1.807, 2.05) is 29.5 Å². The van der Waals surface area contributed by atoms with E-state index in [1.54, 1.807) is 10.8 Å². The number of nitrogens with zero attached hydrogens (tertiary/aromatic N) is 2. The monoisotopic (exact) mass is 335 g/mol. The highest BCUT2D eigenvalue weighted by atomic mass is 127. The average Bonchev–Trinajstić information content (AvgIpc) is 2.28. The van der Waals surface area contributed by atoms with Crippen LogP contribution in [0.25, 0.3) is 0 Å². The molecular formula is C11H18IN3O. The molecule has 0 saturated carbocycles. The standard InChI is InChI=1S/C11H18IN3O/c1-3-4-5-13-6-7-15-9(2)14-8-10(12)11(15)16/h8,13H,3-7H2,1-2H3. The number of rotatable bonds is 6. The molecular weight excluding hydrogens is 317 g/mol. The molecule has 0 aliphatic heterocycles. The van der Waals surface area contributed by atoms with Crippen LogP contribution in [0.5, 0.6) is 0 Å². The van der Waals surface area contributed by atoms with E-state index in [1.165, 1.54) is 12.8 Å². The first-order chi connectivity index (χ1) is 7.66. The molecule has 1 heterocycles. The summed E-state index contributed by atoms with van der Waals surface area (Å²) in [6.07, 6.45) is 3.99. The average molecular weight is 335 g/mol. The van der Waals surface area contributed by atoms with E-state index in [2.05, 4.69) is 17.2 Å². The van der Waals surface area contributed by atoms with Gasteiger partial charge >= 0.3 is 0 Å². The number of hydrogen-bond acceptors (Lipinski definition) is 3. The van der Waals surface area contributed by atoms with Crippen LogP contribution in [0.2, 0.25) is 0 Å². The van der Waals surface area contributed by atoms with Crippen molar-refractivity contribution in [1.29, 1.82) is 0 Å². The van der Waals surface area contributed by atoms with Crippen molar-refractivity contribution in [3.8, 4) is 0 Å². The number of hydrogen-bond donors (Lipinski definition) is 1. The Bertz CT molecular complexity index is 389. The van der Waals surface area contributed by atoms with Gasteiger partial charge in [0.25, 0.3) is 5.56 Å². The summed E-state index contributed by atoms with van der Waals surface area (Å²) >= 11 is 2.02. The SMILES string of the molecule is CCCCNCCn1c(C)ncc(I)c1=O. The van der Waals surface area contributed by atoms with Crippen LogP contribution in [-0.4, -0.2) is 22.6 Å². The van der Waals surface area contributed by atoms with Crippen LogP contribution in [0.3, 0.4) is 0 Å². The lowest BCUT2D eigenvalue weighted by molar-refractivity contribution is 0.553. The maximum atomic E-state index is 11.8. The van der Waals surface area contributed by atoms with Crippen molar-refractivity contribution in [3.63, 3.8) is 0 Å². The van der Waals surface area contributed by atoms with Crippen LogP contribution in [0.1, 0.15) is 25.6 Å². The van der Waals surface area contributed by atoms with Crippen LogP contribution >= 0.6 is 22.6 Å². The number of halogens is 1. The molecule has 4 nitrogen and oxygen atoms in total. The number of nitrogens with one attached hydrogen (secondary N) is 1. The molecule has 0 spiro atoms. The highest BCUT2D eigenvalue weighted by Crippen LogP contribution is 1.96. The Morgan fingerprint density at radius 3 is 2.94 bits per heavy atom. The van der Waals surface area contributed by atoms with Gasteiger partial charge in [-0.15, -0.1) is 0 Å². The lowest BCUT2D eigenvalue weighted by Gasteiger charge is -2.09. The van der Waals surface area contributed by atoms with Gasteiger partial charge in [0.1, 0.15) is 5.82 Å². The first kappa shape index (κ1) is 13.6. The van der Waals surface area contributed by atoms with Gasteiger partial charge in [-0.25, -0.2) is 4.98 Å². The lowest BCUT2D eigenvalue weighted by atomic mass is 10.3. The summed E-state index contributed by atoms with van der Waals surface area (Å²) in [6, 6.07) is 0. The quantitative estimate of drug-likeness (QED) is 0.634. The lowest BCUT2D eigenvalue weighted by Crippen LogP contribution is -2.30. The van der Waals surface area contributed by atoms with Gasteiger partial charge in [0.05, 0.1) is 3.57 Å². The third kappa shape index (κ3) is 3.86. The molecule has 1 aromatic rings. The zero-order valence-electron chi connectivity index (χ0n) is 9.79. The zero-order valence-corrected chi connectivity index (χ0v) is 12.0. The van der Waals surface area contributed by atoms with Crippen molar-refractivity contribution in [2.75, 3.05) is 13.1 Å². The molecule has 0 aliphatic rings. The van der Waals surface area contributed by atoms with Crippen LogP contribution in [0.15, 0.2) is 11.0 Å². The Labute approximate surface area is 110 Å². The number of aromatic nitrogens is 2. The van der Waals surface area contributed by atoms with E-state index < -0.39 is 0 Å². The Morgan fingerprint density at radius 2 is 2.25 bits per heavy atom. The molecule has 0 amide bonds. The van der Waals surface area contributed by atoms with E-state index in [0.717, 1.165) is 18.9 Å². The third-order valence-corrected chi connectivity index (χ3v) is 3.16. The molecule has 16 heavy (non-hydrogen) atoms. The Balaban J connectivity index is 2.54. The smallest absolute Gasteiger partial charge is 0.266 e. The molecule has 0 atom stereocenters. The largest absolute Gasteiger partial charge is 0.315 e. The first-order valence-corrected chi connectivity index (χ1v) is 6.67. The fraction of sp³-hybridized carbons (Fsp3) is 0.636. The van der Waals surface area contributed by atoms with Crippen LogP contribution in [-0.2, 0) is 6.54 Å². The second-order valence-corrected chi connectivity index (χ2v) is 4.88. The molecule has 1 rings (SSSR count). The summed E-state index contributed by atoms with van der Waals surface area (Å²) in [5.41, 5.74) is 0.0605. The highest BCUT2D eigenvalue weighted by molar-refractivity contribution is 14.1. The molecule has 0 saturated heterocycles. The summed E-state index contributed by atoms with van der Waals surface area (Å²) < 4.78 is 2.40. The summed E-state index contributed by atoms with van der Waals surface area (Å²) in [5, 5.41) is 3.32. The third-order valence-electron chi connectivity index (χ3n) is 2.42. The van der Waals surface area contributed by atoms with E-state index >= 15 is 0 Å². The van der Waals surface area contributed by atoms with Crippen molar-refractivity contribution in [2.45, 2.75) is 33.2 Å². The summed E-state index contributed by atoms with van der Waals surface area (Å²) in [5.74, 6) is 0.780. The van der Waals surface area contributed by atoms with Crippen LogP contribution < -0.4 is 10.9 Å². The van der Waals surface area contributed by atoms with E-state index in [0.29, 0.717) is 10.1 Å². The van der Waals surface area contributed by atoms with Gasteiger partial charge in [-0.2, -0.15) is 0 Å². The summed E-state index contributed by atoms with van der Waals surface area (Å²) in [6.45, 7) is 6.56. The zero-order chi connectivity index (χ0) is 12.0. The van der Waals surface area contributed by atoms with Gasteiger partial charge in [0.2, 0.25) is 0 Å². The molecule has 0 aliphatic carbocycles. The second-order valence-electron chi connectivity index (χ2n) is 3.71. The molecule has 0 fully saturated rings. The molecule has 1 N–H and O–H groups in total. The normalized spacial score (nSPS) is 10.7. The second kappa shape index (κ2) is 7.01. The molecule has 90 valence electrons. The van der Waals surface area contributed by atoms with Gasteiger partial charge < -0.3 is 5.32 Å². The van der Waals surface area contributed by atoms with Gasteiger partial charge in [-0.3, -0.25) is 9.36 Å². The predicted octanol–water partition coefficient (Wildman–Crippen LogP) is 1.55. The fourth-order valence-electron chi connectivity index (χ4n) is 1.43. The minimum absolute atomic E-state index is 0.0605. The van der Waals surface area contributed by atoms with Gasteiger partial charge in [0, 0.05) is 19.3 Å². The Hall–Kier alpha value is -0.430.